The van der Waals surface area contributed by atoms with E-state index >= 15 is 0 Å². The highest BCUT2D eigenvalue weighted by Gasteiger charge is 2.39. The zero-order chi connectivity index (χ0) is 23.8. The van der Waals surface area contributed by atoms with E-state index in [1.807, 2.05) is 0 Å². The van der Waals surface area contributed by atoms with Gasteiger partial charge in [-0.25, -0.2) is 9.97 Å². The second-order valence-corrected chi connectivity index (χ2v) is 8.83. The molecule has 0 unspecified atom stereocenters. The molecule has 4 rings (SSSR count). The molecule has 1 aromatic heterocycles. The first kappa shape index (κ1) is 23.2. The summed E-state index contributed by atoms with van der Waals surface area (Å²) in [5, 5.41) is 3.21. The van der Waals surface area contributed by atoms with Crippen LogP contribution in [0.5, 0.6) is 0 Å². The van der Waals surface area contributed by atoms with E-state index in [2.05, 4.69) is 20.2 Å². The van der Waals surface area contributed by atoms with Crippen LogP contribution in [-0.4, -0.2) is 64.4 Å². The minimum Gasteiger partial charge on any atom is -0.368 e. The van der Waals surface area contributed by atoms with E-state index in [-0.39, 0.29) is 35.7 Å². The Morgan fingerprint density at radius 2 is 1.88 bits per heavy atom. The normalized spacial score (nSPS) is 22.1. The van der Waals surface area contributed by atoms with E-state index in [0.29, 0.717) is 24.6 Å². The van der Waals surface area contributed by atoms with Crippen LogP contribution in [0.15, 0.2) is 24.5 Å². The number of amides is 2. The molecule has 0 bridgehead atoms. The summed E-state index contributed by atoms with van der Waals surface area (Å²) in [4.78, 5) is 35.4. The topological polar surface area (TPSA) is 104 Å². The van der Waals surface area contributed by atoms with Crippen LogP contribution in [0.1, 0.15) is 38.2 Å². The monoisotopic (exact) mass is 464 g/mol. The van der Waals surface area contributed by atoms with Crippen molar-refractivity contribution < 1.29 is 22.8 Å². The summed E-state index contributed by atoms with van der Waals surface area (Å²) in [7, 11) is 0. The van der Waals surface area contributed by atoms with Gasteiger partial charge in [0.25, 0.3) is 0 Å². The number of alkyl halides is 3. The highest BCUT2D eigenvalue weighted by molar-refractivity contribution is 5.92. The lowest BCUT2D eigenvalue weighted by Gasteiger charge is -2.50. The molecule has 3 N–H and O–H groups in total. The third kappa shape index (κ3) is 5.18. The molecule has 2 amide bonds. The van der Waals surface area contributed by atoms with Gasteiger partial charge in [0, 0.05) is 37.5 Å². The number of fused-ring (bicyclic) bond motifs is 1. The van der Waals surface area contributed by atoms with E-state index in [1.165, 1.54) is 19.3 Å². The molecule has 0 radical (unpaired) electrons. The first-order chi connectivity index (χ1) is 15.6. The molecular weight excluding hydrogens is 437 g/mol. The maximum Gasteiger partial charge on any atom is 0.416 e. The second-order valence-electron chi connectivity index (χ2n) is 8.83. The zero-order valence-electron chi connectivity index (χ0n) is 18.3. The van der Waals surface area contributed by atoms with Crippen molar-refractivity contribution in [2.24, 2.45) is 5.73 Å². The van der Waals surface area contributed by atoms with Crippen LogP contribution in [0.2, 0.25) is 0 Å². The number of nitrogens with zero attached hydrogens (tertiary/aromatic N) is 4. The van der Waals surface area contributed by atoms with Gasteiger partial charge in [0.05, 0.1) is 23.7 Å². The average Bonchev–Trinajstić information content (AvgIpc) is 2.71. The average molecular weight is 464 g/mol. The van der Waals surface area contributed by atoms with Crippen molar-refractivity contribution >= 4 is 28.5 Å². The summed E-state index contributed by atoms with van der Waals surface area (Å²) in [5.41, 5.74) is 5.05. The van der Waals surface area contributed by atoms with Crippen LogP contribution >= 0.6 is 0 Å². The Morgan fingerprint density at radius 3 is 2.48 bits per heavy atom. The number of hydrogen-bond acceptors (Lipinski definition) is 6. The third-order valence-electron chi connectivity index (χ3n) is 6.49. The van der Waals surface area contributed by atoms with Gasteiger partial charge in [0.2, 0.25) is 11.8 Å². The number of aromatic nitrogens is 2. The van der Waals surface area contributed by atoms with Crippen LogP contribution in [0.3, 0.4) is 0 Å². The highest BCUT2D eigenvalue weighted by atomic mass is 19.4. The van der Waals surface area contributed by atoms with Gasteiger partial charge in [0.1, 0.15) is 12.1 Å². The molecule has 0 atom stereocenters. The van der Waals surface area contributed by atoms with Gasteiger partial charge in [-0.05, 0) is 43.9 Å². The Bertz CT molecular complexity index is 1030. The van der Waals surface area contributed by atoms with E-state index in [9.17, 15) is 22.8 Å². The Hall–Kier alpha value is -2.95. The molecule has 11 heteroatoms. The Morgan fingerprint density at radius 1 is 1.18 bits per heavy atom. The van der Waals surface area contributed by atoms with E-state index in [4.69, 9.17) is 5.73 Å². The van der Waals surface area contributed by atoms with Crippen molar-refractivity contribution in [3.63, 3.8) is 0 Å². The fourth-order valence-corrected chi connectivity index (χ4v) is 4.85. The predicted octanol–water partition coefficient (Wildman–Crippen LogP) is 2.07. The van der Waals surface area contributed by atoms with Gasteiger partial charge in [-0.1, -0.05) is 0 Å². The van der Waals surface area contributed by atoms with Crippen LogP contribution in [0.4, 0.5) is 19.0 Å². The van der Waals surface area contributed by atoms with Crippen LogP contribution in [0.25, 0.3) is 10.9 Å². The fraction of sp³-hybridized carbons (Fsp3) is 0.545. The van der Waals surface area contributed by atoms with Gasteiger partial charge < -0.3 is 16.0 Å². The number of primary amides is 1. The van der Waals surface area contributed by atoms with Crippen LogP contribution < -0.4 is 16.0 Å². The molecule has 1 aliphatic carbocycles. The van der Waals surface area contributed by atoms with Gasteiger partial charge in [-0.15, -0.1) is 0 Å². The molecule has 2 aromatic rings. The number of hydrogen-bond donors (Lipinski definition) is 2. The molecule has 1 saturated carbocycles. The molecule has 178 valence electrons. The van der Waals surface area contributed by atoms with Crippen molar-refractivity contribution in [1.82, 2.24) is 20.2 Å². The van der Waals surface area contributed by atoms with Gasteiger partial charge >= 0.3 is 6.18 Å². The maximum absolute atomic E-state index is 13.3. The van der Waals surface area contributed by atoms with Crippen LogP contribution in [-0.2, 0) is 15.8 Å². The molecule has 1 aromatic carbocycles. The number of nitrogens with two attached hydrogens (primary N) is 1. The number of anilines is 1. The smallest absolute Gasteiger partial charge is 0.368 e. The van der Waals surface area contributed by atoms with Crippen molar-refractivity contribution in [2.75, 3.05) is 24.5 Å². The molecule has 1 saturated heterocycles. The molecule has 1 aliphatic heterocycles. The fourth-order valence-electron chi connectivity index (χ4n) is 4.85. The lowest BCUT2D eigenvalue weighted by Crippen LogP contribution is -2.64. The molecular formula is C22H27F3N6O2. The van der Waals surface area contributed by atoms with E-state index in [1.54, 1.807) is 4.90 Å². The summed E-state index contributed by atoms with van der Waals surface area (Å²) in [5.74, 6) is -0.317. The molecule has 2 aliphatic rings. The quantitative estimate of drug-likeness (QED) is 0.678. The largest absolute Gasteiger partial charge is 0.416 e. The number of rotatable bonds is 6. The van der Waals surface area contributed by atoms with Crippen molar-refractivity contribution in [3.8, 4) is 0 Å². The van der Waals surface area contributed by atoms with Crippen LogP contribution in [0, 0.1) is 0 Å². The van der Waals surface area contributed by atoms with Crippen molar-refractivity contribution in [2.45, 2.75) is 56.9 Å². The van der Waals surface area contributed by atoms with Crippen molar-refractivity contribution in [3.05, 3.63) is 30.1 Å². The SMILES string of the molecule is CC(=O)NC1CCC(N2CC(N(CC(N)=O)c3ncnc4ccc(C(F)(F)F)cc34)C2)CC1. The number of likely N-dealkylation sites (tertiary alicyclic amines) is 1. The first-order valence-corrected chi connectivity index (χ1v) is 11.0. The number of carbonyl (C=O) groups is 2. The number of nitrogens with one attached hydrogen (secondary N) is 1. The van der Waals surface area contributed by atoms with E-state index in [0.717, 1.165) is 37.8 Å². The number of carbonyl (C=O) groups excluding carboxylic acids is 2. The van der Waals surface area contributed by atoms with Crippen molar-refractivity contribution in [1.29, 1.82) is 0 Å². The third-order valence-corrected chi connectivity index (χ3v) is 6.49. The minimum atomic E-state index is -4.50. The molecule has 0 spiro atoms. The second kappa shape index (κ2) is 9.12. The van der Waals surface area contributed by atoms with Gasteiger partial charge in [-0.2, -0.15) is 13.2 Å². The Labute approximate surface area is 189 Å². The minimum absolute atomic E-state index is 0.0182. The predicted molar refractivity (Wildman–Crippen MR) is 116 cm³/mol. The number of benzene rings is 1. The molecule has 8 nitrogen and oxygen atoms in total. The Balaban J connectivity index is 1.51. The lowest BCUT2D eigenvalue weighted by molar-refractivity contribution is -0.137. The van der Waals surface area contributed by atoms with E-state index < -0.39 is 17.6 Å². The highest BCUT2D eigenvalue weighted by Crippen LogP contribution is 2.35. The first-order valence-electron chi connectivity index (χ1n) is 11.0. The van der Waals surface area contributed by atoms with Gasteiger partial charge in [-0.3, -0.25) is 14.5 Å². The summed E-state index contributed by atoms with van der Waals surface area (Å²) in [6.07, 6.45) is 0.524. The zero-order valence-corrected chi connectivity index (χ0v) is 18.3. The Kier molecular flexibility index (Phi) is 6.42. The maximum atomic E-state index is 13.3. The standard InChI is InChI=1S/C22H27F3N6O2/c1-13(32)29-15-3-5-16(6-4-15)30-9-17(10-30)31(11-20(26)33)21-18-8-14(22(23,24)25)2-7-19(18)27-12-28-21/h2,7-8,12,15-17H,3-6,9-11H2,1H3,(H2,26,33)(H,29,32). The van der Waals surface area contributed by atoms with Gasteiger partial charge in [0.15, 0.2) is 0 Å². The summed E-state index contributed by atoms with van der Waals surface area (Å²) in [6, 6.07) is 3.81. The summed E-state index contributed by atoms with van der Waals surface area (Å²) >= 11 is 0. The molecule has 33 heavy (non-hydrogen) atoms. The molecule has 2 heterocycles. The summed E-state index contributed by atoms with van der Waals surface area (Å²) in [6.45, 7) is 2.70. The number of halogens is 3. The lowest BCUT2D eigenvalue weighted by atomic mass is 9.87. The summed E-state index contributed by atoms with van der Waals surface area (Å²) < 4.78 is 39.9. The molecule has 2 fully saturated rings.